The number of anilines is 1. The molecule has 1 aromatic carbocycles. The van der Waals surface area contributed by atoms with Crippen LogP contribution in [0.5, 0.6) is 0 Å². The number of hydrogen-bond acceptors (Lipinski definition) is 5. The van der Waals surface area contributed by atoms with E-state index in [4.69, 9.17) is 0 Å². The summed E-state index contributed by atoms with van der Waals surface area (Å²) in [5.74, 6) is 0.683. The summed E-state index contributed by atoms with van der Waals surface area (Å²) in [6.45, 7) is 1.84. The first-order chi connectivity index (χ1) is 10.8. The van der Waals surface area contributed by atoms with Gasteiger partial charge in [0, 0.05) is 30.9 Å². The Kier molecular flexibility index (Phi) is 3.10. The van der Waals surface area contributed by atoms with Crippen LogP contribution in [-0.4, -0.2) is 36.3 Å². The van der Waals surface area contributed by atoms with E-state index in [2.05, 4.69) is 30.4 Å². The zero-order valence-corrected chi connectivity index (χ0v) is 12.1. The molecule has 2 aromatic heterocycles. The van der Waals surface area contributed by atoms with Crippen molar-refractivity contribution in [1.29, 1.82) is 0 Å². The van der Waals surface area contributed by atoms with Crippen LogP contribution in [0, 0.1) is 5.41 Å². The average Bonchev–Trinajstić information content (AvgIpc) is 2.95. The van der Waals surface area contributed by atoms with Gasteiger partial charge in [-0.3, -0.25) is 0 Å². The van der Waals surface area contributed by atoms with Crippen LogP contribution in [0.2, 0.25) is 0 Å². The Balaban J connectivity index is 1.46. The summed E-state index contributed by atoms with van der Waals surface area (Å²) in [6, 6.07) is 9.90. The number of para-hydroxylation sites is 1. The van der Waals surface area contributed by atoms with Crippen molar-refractivity contribution < 1.29 is 0 Å². The molecule has 1 fully saturated rings. The summed E-state index contributed by atoms with van der Waals surface area (Å²) in [5.41, 5.74) is 1.24. The maximum atomic E-state index is 4.10. The highest BCUT2D eigenvalue weighted by Gasteiger charge is 2.42. The monoisotopic (exact) mass is 295 g/mol. The van der Waals surface area contributed by atoms with Gasteiger partial charge >= 0.3 is 0 Å². The van der Waals surface area contributed by atoms with E-state index < -0.39 is 0 Å². The van der Waals surface area contributed by atoms with Gasteiger partial charge in [0.2, 0.25) is 5.95 Å². The minimum absolute atomic E-state index is 0.286. The van der Waals surface area contributed by atoms with Crippen LogP contribution in [0.3, 0.4) is 0 Å². The lowest BCUT2D eigenvalue weighted by Gasteiger charge is -2.16. The smallest absolute Gasteiger partial charge is 0.247 e. The van der Waals surface area contributed by atoms with Crippen LogP contribution in [0.15, 0.2) is 49.1 Å². The van der Waals surface area contributed by atoms with Crippen molar-refractivity contribution in [1.82, 2.24) is 29.8 Å². The number of tetrazole rings is 1. The molecule has 0 atom stereocenters. The van der Waals surface area contributed by atoms with Gasteiger partial charge in [0.15, 0.2) is 0 Å². The minimum atomic E-state index is 0.286. The van der Waals surface area contributed by atoms with E-state index >= 15 is 0 Å². The maximum Gasteiger partial charge on any atom is 0.247 e. The lowest BCUT2D eigenvalue weighted by Crippen LogP contribution is -2.22. The molecule has 7 nitrogen and oxygen atoms in total. The topological polar surface area (TPSA) is 73.5 Å². The van der Waals surface area contributed by atoms with E-state index in [0.717, 1.165) is 18.8 Å². The van der Waals surface area contributed by atoms with Crippen molar-refractivity contribution in [3.8, 4) is 5.69 Å². The van der Waals surface area contributed by atoms with E-state index in [-0.39, 0.29) is 5.41 Å². The number of rotatable bonds is 6. The van der Waals surface area contributed by atoms with E-state index in [1.807, 2.05) is 49.1 Å². The Morgan fingerprint density at radius 3 is 2.77 bits per heavy atom. The van der Waals surface area contributed by atoms with Crippen molar-refractivity contribution in [3.63, 3.8) is 0 Å². The predicted octanol–water partition coefficient (Wildman–Crippen LogP) is 1.75. The second-order valence-corrected chi connectivity index (χ2v) is 5.84. The van der Waals surface area contributed by atoms with Gasteiger partial charge in [-0.1, -0.05) is 23.3 Å². The van der Waals surface area contributed by atoms with Crippen LogP contribution >= 0.6 is 0 Å². The molecule has 0 amide bonds. The Hall–Kier alpha value is -2.70. The van der Waals surface area contributed by atoms with E-state index in [9.17, 15) is 0 Å². The Labute approximate surface area is 128 Å². The van der Waals surface area contributed by atoms with Crippen molar-refractivity contribution in [3.05, 3.63) is 49.1 Å². The highest BCUT2D eigenvalue weighted by atomic mass is 15.6. The second kappa shape index (κ2) is 5.25. The van der Waals surface area contributed by atoms with E-state index in [0.29, 0.717) is 5.95 Å². The normalized spacial score (nSPS) is 15.6. The molecule has 4 rings (SSSR count). The molecule has 0 spiro atoms. The quantitative estimate of drug-likeness (QED) is 0.750. The predicted molar refractivity (Wildman–Crippen MR) is 81.5 cm³/mol. The Morgan fingerprint density at radius 2 is 2.05 bits per heavy atom. The molecule has 1 N–H and O–H groups in total. The van der Waals surface area contributed by atoms with Gasteiger partial charge in [-0.2, -0.15) is 4.68 Å². The zero-order chi connectivity index (χ0) is 14.8. The number of aromatic nitrogens is 6. The maximum absolute atomic E-state index is 4.10. The first kappa shape index (κ1) is 13.0. The Bertz CT molecular complexity index is 728. The third-order valence-electron chi connectivity index (χ3n) is 4.13. The zero-order valence-electron chi connectivity index (χ0n) is 12.1. The van der Waals surface area contributed by atoms with Gasteiger partial charge in [0.25, 0.3) is 0 Å². The standard InChI is InChI=1S/C15H17N7/c1-2-4-13(5-3-1)22-14(18-19-20-22)17-10-15(6-7-15)11-21-9-8-16-12-21/h1-5,8-9,12H,6-7,10-11H2,(H,17,18,20). The summed E-state index contributed by atoms with van der Waals surface area (Å²) < 4.78 is 3.86. The van der Waals surface area contributed by atoms with E-state index in [1.54, 1.807) is 4.68 Å². The first-order valence-electron chi connectivity index (χ1n) is 7.38. The number of nitrogens with zero attached hydrogens (tertiary/aromatic N) is 6. The lowest BCUT2D eigenvalue weighted by molar-refractivity contribution is 0.443. The summed E-state index contributed by atoms with van der Waals surface area (Å²) in [4.78, 5) is 4.10. The number of nitrogens with one attached hydrogen (secondary N) is 1. The second-order valence-electron chi connectivity index (χ2n) is 5.84. The molecular formula is C15H17N7. The molecule has 0 radical (unpaired) electrons. The molecule has 0 aliphatic heterocycles. The fourth-order valence-corrected chi connectivity index (χ4v) is 2.64. The molecule has 0 saturated heterocycles. The van der Waals surface area contributed by atoms with Gasteiger partial charge in [0.1, 0.15) is 0 Å². The van der Waals surface area contributed by atoms with Gasteiger partial charge in [-0.25, -0.2) is 4.98 Å². The van der Waals surface area contributed by atoms with E-state index in [1.165, 1.54) is 12.8 Å². The summed E-state index contributed by atoms with van der Waals surface area (Å²) in [6.07, 6.45) is 8.12. The molecule has 1 aliphatic rings. The van der Waals surface area contributed by atoms with Gasteiger partial charge < -0.3 is 9.88 Å². The highest BCUT2D eigenvalue weighted by Crippen LogP contribution is 2.47. The molecular weight excluding hydrogens is 278 g/mol. The van der Waals surface area contributed by atoms with Gasteiger partial charge in [0.05, 0.1) is 12.0 Å². The average molecular weight is 295 g/mol. The van der Waals surface area contributed by atoms with Crippen molar-refractivity contribution in [2.45, 2.75) is 19.4 Å². The van der Waals surface area contributed by atoms with Crippen molar-refractivity contribution in [2.75, 3.05) is 11.9 Å². The van der Waals surface area contributed by atoms with Crippen LogP contribution in [-0.2, 0) is 6.54 Å². The summed E-state index contributed by atoms with van der Waals surface area (Å²) >= 11 is 0. The van der Waals surface area contributed by atoms with Crippen molar-refractivity contribution >= 4 is 5.95 Å². The molecule has 1 aliphatic carbocycles. The third kappa shape index (κ3) is 2.57. The number of hydrogen-bond donors (Lipinski definition) is 1. The van der Waals surface area contributed by atoms with Crippen LogP contribution in [0.4, 0.5) is 5.95 Å². The van der Waals surface area contributed by atoms with Crippen LogP contribution in [0.25, 0.3) is 5.69 Å². The van der Waals surface area contributed by atoms with Gasteiger partial charge in [-0.15, -0.1) is 0 Å². The summed E-state index contributed by atoms with van der Waals surface area (Å²) in [7, 11) is 0. The largest absolute Gasteiger partial charge is 0.352 e. The fraction of sp³-hybridized carbons (Fsp3) is 0.333. The molecule has 22 heavy (non-hydrogen) atoms. The molecule has 7 heteroatoms. The minimum Gasteiger partial charge on any atom is -0.352 e. The number of imidazole rings is 1. The Morgan fingerprint density at radius 1 is 1.18 bits per heavy atom. The third-order valence-corrected chi connectivity index (χ3v) is 4.13. The SMILES string of the molecule is c1ccc(-n2nnnc2NCC2(Cn3ccnc3)CC2)cc1. The van der Waals surface area contributed by atoms with Crippen LogP contribution < -0.4 is 5.32 Å². The number of benzene rings is 1. The molecule has 0 unspecified atom stereocenters. The first-order valence-corrected chi connectivity index (χ1v) is 7.38. The van der Waals surface area contributed by atoms with Gasteiger partial charge in [-0.05, 0) is 35.4 Å². The molecule has 1 saturated carbocycles. The molecule has 3 aromatic rings. The molecule has 2 heterocycles. The van der Waals surface area contributed by atoms with Crippen LogP contribution in [0.1, 0.15) is 12.8 Å². The lowest BCUT2D eigenvalue weighted by atomic mass is 10.1. The summed E-state index contributed by atoms with van der Waals surface area (Å²) in [5, 5.41) is 15.3. The highest BCUT2D eigenvalue weighted by molar-refractivity contribution is 5.38. The molecule has 112 valence electrons. The fourth-order valence-electron chi connectivity index (χ4n) is 2.64. The molecule has 0 bridgehead atoms. The van der Waals surface area contributed by atoms with Crippen molar-refractivity contribution in [2.24, 2.45) is 5.41 Å².